The van der Waals surface area contributed by atoms with Gasteiger partial charge in [0.05, 0.1) is 64.8 Å². The van der Waals surface area contributed by atoms with Crippen LogP contribution >= 0.6 is 34.0 Å². The molecule has 6 aromatic heterocycles. The van der Waals surface area contributed by atoms with E-state index in [1.54, 1.807) is 0 Å². The van der Waals surface area contributed by atoms with Crippen LogP contribution in [0.4, 0.5) is 51.2 Å². The SMILES string of the molecule is c1ccc(-c2ccc(N(c3cccc(-c4ccccc4)c3)c3cc4c(-c5ccccc5)nc5ccccc5c4c4c3sc3ccccc34)cc2)cc1.c1ccc(-c2cccc(N(c3cccc(-c4ccccc4)c3)c3cc4c(-c5ccccc5)nc5ccccc5c4c4c3sc3ccccc34)c2)cc1.c1ccc(-c2cccc(N(c3ccccc3)c3cc4c(-c5ccccc5)nc5ccccc5c4c4c3sc3ccccc34)c2)cc1. The van der Waals surface area contributed by atoms with Gasteiger partial charge in [-0.1, -0.05) is 431 Å². The predicted octanol–water partition coefficient (Wildman–Crippen LogP) is 41.0. The predicted molar refractivity (Wildman–Crippen MR) is 644 cm³/mol. The number of nitrogens with zero attached hydrogens (tertiary/aromatic N) is 6. The van der Waals surface area contributed by atoms with Crippen LogP contribution in [-0.2, 0) is 0 Å². The summed E-state index contributed by atoms with van der Waals surface area (Å²) in [6, 6.07) is 200. The summed E-state index contributed by atoms with van der Waals surface area (Å²) in [5.74, 6) is 0. The van der Waals surface area contributed by atoms with Gasteiger partial charge in [0.25, 0.3) is 0 Å². The minimum Gasteiger partial charge on any atom is -0.309 e. The first kappa shape index (κ1) is 89.9. The van der Waals surface area contributed by atoms with Gasteiger partial charge >= 0.3 is 0 Å². The van der Waals surface area contributed by atoms with E-state index in [1.807, 2.05) is 34.0 Å². The number of thiophene rings is 3. The molecule has 23 aromatic carbocycles. The second kappa shape index (κ2) is 39.2. The van der Waals surface area contributed by atoms with E-state index < -0.39 is 0 Å². The first-order valence-corrected chi connectivity index (χ1v) is 53.3. The molecule has 0 atom stereocenters. The molecule has 9 heteroatoms. The topological polar surface area (TPSA) is 48.4 Å². The fourth-order valence-corrected chi connectivity index (χ4v) is 25.6. The molecule has 0 saturated heterocycles. The number of para-hydroxylation sites is 4. The van der Waals surface area contributed by atoms with Gasteiger partial charge in [-0.05, 0) is 183 Å². The molecule has 0 aliphatic carbocycles. The van der Waals surface area contributed by atoms with Crippen LogP contribution in [0.2, 0.25) is 0 Å². The lowest BCUT2D eigenvalue weighted by Crippen LogP contribution is -2.11. The Morgan fingerprint density at radius 1 is 0.133 bits per heavy atom. The minimum atomic E-state index is 0.990. The number of pyridine rings is 3. The van der Waals surface area contributed by atoms with Crippen LogP contribution < -0.4 is 14.7 Å². The van der Waals surface area contributed by atoms with Crippen molar-refractivity contribution in [1.29, 1.82) is 0 Å². The lowest BCUT2D eigenvalue weighted by molar-refractivity contribution is 1.30. The molecule has 6 heterocycles. The van der Waals surface area contributed by atoms with Gasteiger partial charge in [0.15, 0.2) is 0 Å². The minimum absolute atomic E-state index is 0.990. The van der Waals surface area contributed by atoms with E-state index >= 15 is 0 Å². The summed E-state index contributed by atoms with van der Waals surface area (Å²) in [5, 5.41) is 18.3. The maximum Gasteiger partial charge on any atom is 0.0789 e. The molecule has 29 rings (SSSR count). The quantitative estimate of drug-likeness (QED) is 0.0847. The van der Waals surface area contributed by atoms with E-state index in [4.69, 9.17) is 15.0 Å². The number of anilines is 9. The Kier molecular flexibility index (Phi) is 23.5. The van der Waals surface area contributed by atoms with E-state index in [2.05, 4.69) is 573 Å². The molecule has 6 nitrogen and oxygen atoms in total. The lowest BCUT2D eigenvalue weighted by atomic mass is 9.94. The molecule has 0 aliphatic heterocycles. The van der Waals surface area contributed by atoms with Gasteiger partial charge in [-0.2, -0.15) is 0 Å². The van der Waals surface area contributed by atoms with Crippen molar-refractivity contribution in [2.45, 2.75) is 0 Å². The summed E-state index contributed by atoms with van der Waals surface area (Å²) in [7, 11) is 0. The van der Waals surface area contributed by atoms with Gasteiger partial charge in [-0.25, -0.2) is 15.0 Å². The first-order valence-electron chi connectivity index (χ1n) is 50.8. The van der Waals surface area contributed by atoms with Crippen LogP contribution in [-0.4, -0.2) is 15.0 Å². The second-order valence-corrected chi connectivity index (χ2v) is 41.0. The Balaban J connectivity index is 0.000000111. The Morgan fingerprint density at radius 2 is 0.333 bits per heavy atom. The van der Waals surface area contributed by atoms with Gasteiger partial charge < -0.3 is 14.7 Å². The summed E-state index contributed by atoms with van der Waals surface area (Å²) in [6.07, 6.45) is 0. The van der Waals surface area contributed by atoms with Crippen LogP contribution in [0.3, 0.4) is 0 Å². The highest BCUT2D eigenvalue weighted by Crippen LogP contribution is 2.57. The molecule has 0 N–H and O–H groups in total. The number of fused-ring (bicyclic) bond motifs is 21. The maximum absolute atomic E-state index is 5.38. The average molecular weight is 1970 g/mol. The molecule has 0 unspecified atom stereocenters. The van der Waals surface area contributed by atoms with Crippen molar-refractivity contribution in [1.82, 2.24) is 15.0 Å². The molecule has 0 spiro atoms. The van der Waals surface area contributed by atoms with Gasteiger partial charge in [-0.15, -0.1) is 34.0 Å². The van der Waals surface area contributed by atoms with Gasteiger partial charge in [0.2, 0.25) is 0 Å². The van der Waals surface area contributed by atoms with Crippen LogP contribution in [0.25, 0.3) is 215 Å². The average Bonchev–Trinajstić information content (AvgIpc) is 1.23. The van der Waals surface area contributed by atoms with Gasteiger partial charge in [0.1, 0.15) is 0 Å². The van der Waals surface area contributed by atoms with E-state index in [-0.39, 0.29) is 0 Å². The Bertz CT molecular complexity index is 10100. The second-order valence-electron chi connectivity index (χ2n) is 37.8. The molecule has 0 aliphatic rings. The third-order valence-electron chi connectivity index (χ3n) is 28.8. The fraction of sp³-hybridized carbons (Fsp3) is 0. The first-order chi connectivity index (χ1) is 74.4. The standard InChI is InChI=1S/2C49H32N2S.C43H28N2S/c1-4-16-33(17-5-1)36-22-14-24-38(30-36)51(39-25-15-23-37(31-39)34-18-6-2-7-19-34)44-32-42-46(47-41-27-11-13-29-45(41)52-49(44)47)40-26-10-12-28-43(40)50-48(42)35-20-8-3-9-21-35;1-4-15-33(16-5-1)35-27-29-38(30-28-35)51(39-22-14-21-37(31-39)34-17-6-2-7-18-34)44-32-42-46(47-41-24-11-13-26-45(41)52-49(44)47)40-23-10-12-25-43(40)50-48(42)36-19-8-3-9-20-36;1-4-15-29(16-5-1)31-19-14-22-33(27-31)45(32-20-8-3-9-21-32)38-28-36-40(41-35-24-11-13-26-39(35)46-43(38)41)34-23-10-12-25-37(34)44-42(36)30-17-6-2-7-18-30/h2*1-32H;1-28H. The number of hydrogen-bond acceptors (Lipinski definition) is 9. The number of benzene rings is 23. The highest BCUT2D eigenvalue weighted by molar-refractivity contribution is 7.27. The molecule has 0 radical (unpaired) electrons. The fourth-order valence-electron chi connectivity index (χ4n) is 22.0. The van der Waals surface area contributed by atoms with Crippen molar-refractivity contribution < 1.29 is 0 Å². The van der Waals surface area contributed by atoms with Crippen molar-refractivity contribution in [3.63, 3.8) is 0 Å². The smallest absolute Gasteiger partial charge is 0.0789 e. The van der Waals surface area contributed by atoms with Gasteiger partial charge in [-0.3, -0.25) is 0 Å². The zero-order valence-corrected chi connectivity index (χ0v) is 84.0. The molecular formula is C141H92N6S3. The van der Waals surface area contributed by atoms with E-state index in [9.17, 15) is 0 Å². The highest BCUT2D eigenvalue weighted by atomic mass is 32.1. The molecule has 150 heavy (non-hydrogen) atoms. The van der Waals surface area contributed by atoms with Gasteiger partial charge in [0, 0.05) is 146 Å². The Morgan fingerprint density at radius 3 is 0.613 bits per heavy atom. The van der Waals surface area contributed by atoms with E-state index in [0.29, 0.717) is 0 Å². The molecule has 0 bridgehead atoms. The largest absolute Gasteiger partial charge is 0.309 e. The summed E-state index contributed by atoms with van der Waals surface area (Å²) in [6.45, 7) is 0. The Labute approximate surface area is 880 Å². The van der Waals surface area contributed by atoms with Crippen molar-refractivity contribution in [3.05, 3.63) is 558 Å². The summed E-state index contributed by atoms with van der Waals surface area (Å²) >= 11 is 5.61. The van der Waals surface area contributed by atoms with Crippen molar-refractivity contribution in [2.24, 2.45) is 0 Å². The Hall–Kier alpha value is -18.9. The summed E-state index contributed by atoms with van der Waals surface area (Å²) in [5.41, 5.74) is 31.2. The van der Waals surface area contributed by atoms with Crippen LogP contribution in [0.15, 0.2) is 558 Å². The lowest BCUT2D eigenvalue weighted by Gasteiger charge is -2.28. The summed E-state index contributed by atoms with van der Waals surface area (Å²) < 4.78 is 7.58. The van der Waals surface area contributed by atoms with Crippen molar-refractivity contribution in [2.75, 3.05) is 14.7 Å². The molecule has 29 aromatic rings. The van der Waals surface area contributed by atoms with Crippen LogP contribution in [0, 0.1) is 0 Å². The third kappa shape index (κ3) is 16.6. The molecule has 0 fully saturated rings. The van der Waals surface area contributed by atoms with Crippen molar-refractivity contribution in [3.8, 4) is 89.4 Å². The molecule has 0 saturated carbocycles. The third-order valence-corrected chi connectivity index (χ3v) is 32.4. The molecule has 0 amide bonds. The monoisotopic (exact) mass is 1960 g/mol. The van der Waals surface area contributed by atoms with Crippen LogP contribution in [0.5, 0.6) is 0 Å². The van der Waals surface area contributed by atoms with Crippen molar-refractivity contribution >= 4 is 211 Å². The number of hydrogen-bond donors (Lipinski definition) is 0. The molecule has 704 valence electrons. The highest BCUT2D eigenvalue weighted by Gasteiger charge is 2.30. The normalized spacial score (nSPS) is 11.5. The van der Waals surface area contributed by atoms with Crippen LogP contribution in [0.1, 0.15) is 0 Å². The zero-order valence-electron chi connectivity index (χ0n) is 81.5. The zero-order chi connectivity index (χ0) is 99.3. The maximum atomic E-state index is 5.38. The number of rotatable bonds is 17. The van der Waals surface area contributed by atoms with E-state index in [0.717, 1.165) is 118 Å². The summed E-state index contributed by atoms with van der Waals surface area (Å²) in [4.78, 5) is 23.4. The number of aromatic nitrogens is 3. The molecular weight excluding hydrogens is 1870 g/mol. The van der Waals surface area contributed by atoms with E-state index in [1.165, 1.54) is 148 Å².